The van der Waals surface area contributed by atoms with Crippen molar-refractivity contribution in [1.82, 2.24) is 10.3 Å². The number of benzene rings is 1. The summed E-state index contributed by atoms with van der Waals surface area (Å²) < 4.78 is 5.52. The first-order chi connectivity index (χ1) is 8.90. The van der Waals surface area contributed by atoms with E-state index in [0.29, 0.717) is 12.0 Å². The van der Waals surface area contributed by atoms with E-state index in [2.05, 4.69) is 34.6 Å². The fraction of sp³-hybridized carbons (Fsp3) is 0.400. The van der Waals surface area contributed by atoms with Crippen LogP contribution >= 0.6 is 0 Å². The highest BCUT2D eigenvalue weighted by Crippen LogP contribution is 2.32. The fourth-order valence-electron chi connectivity index (χ4n) is 2.86. The number of pyridine rings is 1. The van der Waals surface area contributed by atoms with Gasteiger partial charge in [0.1, 0.15) is 0 Å². The van der Waals surface area contributed by atoms with Gasteiger partial charge in [0.25, 0.3) is 0 Å². The molecule has 1 aliphatic heterocycles. The molecule has 1 aliphatic rings. The Balaban J connectivity index is 2.06. The van der Waals surface area contributed by atoms with Gasteiger partial charge in [-0.05, 0) is 31.2 Å². The van der Waals surface area contributed by atoms with E-state index in [1.165, 1.54) is 10.9 Å². The SMILES string of the molecule is CNC(c1cccc2ncccc12)C1CCOC1. The zero-order valence-electron chi connectivity index (χ0n) is 10.6. The van der Waals surface area contributed by atoms with Gasteiger partial charge < -0.3 is 10.1 Å². The Bertz CT molecular complexity index is 530. The molecule has 0 bridgehead atoms. The van der Waals surface area contributed by atoms with Gasteiger partial charge in [0.05, 0.1) is 12.1 Å². The zero-order valence-corrected chi connectivity index (χ0v) is 10.6. The van der Waals surface area contributed by atoms with Crippen molar-refractivity contribution in [2.75, 3.05) is 20.3 Å². The van der Waals surface area contributed by atoms with Crippen molar-refractivity contribution in [3.63, 3.8) is 0 Å². The first kappa shape index (κ1) is 11.6. The molecule has 3 heteroatoms. The van der Waals surface area contributed by atoms with Crippen LogP contribution in [0.25, 0.3) is 10.9 Å². The molecule has 1 fully saturated rings. The van der Waals surface area contributed by atoms with Crippen LogP contribution in [0, 0.1) is 5.92 Å². The smallest absolute Gasteiger partial charge is 0.0705 e. The molecule has 1 aromatic carbocycles. The maximum absolute atomic E-state index is 5.52. The molecule has 18 heavy (non-hydrogen) atoms. The van der Waals surface area contributed by atoms with Crippen molar-refractivity contribution >= 4 is 10.9 Å². The van der Waals surface area contributed by atoms with E-state index in [1.54, 1.807) is 0 Å². The molecule has 1 saturated heterocycles. The van der Waals surface area contributed by atoms with Gasteiger partial charge in [-0.1, -0.05) is 18.2 Å². The van der Waals surface area contributed by atoms with Crippen molar-refractivity contribution in [3.8, 4) is 0 Å². The molecule has 2 aromatic rings. The van der Waals surface area contributed by atoms with Crippen molar-refractivity contribution in [3.05, 3.63) is 42.1 Å². The predicted molar refractivity (Wildman–Crippen MR) is 72.5 cm³/mol. The third kappa shape index (κ3) is 2.00. The summed E-state index contributed by atoms with van der Waals surface area (Å²) in [6.45, 7) is 1.73. The van der Waals surface area contributed by atoms with Gasteiger partial charge in [0.2, 0.25) is 0 Å². The second-order valence-corrected chi connectivity index (χ2v) is 4.81. The second-order valence-electron chi connectivity index (χ2n) is 4.81. The molecule has 2 heterocycles. The molecule has 0 radical (unpaired) electrons. The van der Waals surface area contributed by atoms with Crippen LogP contribution in [0.5, 0.6) is 0 Å². The standard InChI is InChI=1S/C15H18N2O/c1-16-15(11-7-9-18-10-11)13-4-2-6-14-12(13)5-3-8-17-14/h2-6,8,11,15-16H,7,9-10H2,1H3. The quantitative estimate of drug-likeness (QED) is 0.898. The summed E-state index contributed by atoms with van der Waals surface area (Å²) in [5.74, 6) is 0.556. The molecule has 94 valence electrons. The number of hydrogen-bond donors (Lipinski definition) is 1. The first-order valence-electron chi connectivity index (χ1n) is 6.49. The highest BCUT2D eigenvalue weighted by molar-refractivity contribution is 5.82. The van der Waals surface area contributed by atoms with Crippen molar-refractivity contribution in [1.29, 1.82) is 0 Å². The van der Waals surface area contributed by atoms with Crippen LogP contribution in [0.4, 0.5) is 0 Å². The van der Waals surface area contributed by atoms with E-state index in [4.69, 9.17) is 4.74 Å². The minimum absolute atomic E-state index is 0.348. The van der Waals surface area contributed by atoms with E-state index in [9.17, 15) is 0 Å². The lowest BCUT2D eigenvalue weighted by molar-refractivity contribution is 0.178. The predicted octanol–water partition coefficient (Wildman–Crippen LogP) is 2.53. The van der Waals surface area contributed by atoms with Gasteiger partial charge in [-0.15, -0.1) is 0 Å². The Hall–Kier alpha value is -1.45. The van der Waals surface area contributed by atoms with E-state index in [-0.39, 0.29) is 0 Å². The number of nitrogens with zero attached hydrogens (tertiary/aromatic N) is 1. The summed E-state index contributed by atoms with van der Waals surface area (Å²) in [6.07, 6.45) is 2.97. The van der Waals surface area contributed by atoms with E-state index in [1.807, 2.05) is 19.3 Å². The highest BCUT2D eigenvalue weighted by Gasteiger charge is 2.26. The molecule has 2 unspecified atom stereocenters. The Morgan fingerprint density at radius 1 is 1.33 bits per heavy atom. The van der Waals surface area contributed by atoms with Crippen LogP contribution in [0.3, 0.4) is 0 Å². The Labute approximate surface area is 107 Å². The molecule has 3 rings (SSSR count). The van der Waals surface area contributed by atoms with Crippen molar-refractivity contribution in [2.24, 2.45) is 5.92 Å². The summed E-state index contributed by atoms with van der Waals surface area (Å²) in [4.78, 5) is 4.43. The van der Waals surface area contributed by atoms with Crippen molar-refractivity contribution < 1.29 is 4.74 Å². The first-order valence-corrected chi connectivity index (χ1v) is 6.49. The van der Waals surface area contributed by atoms with Gasteiger partial charge in [-0.25, -0.2) is 0 Å². The zero-order chi connectivity index (χ0) is 12.4. The van der Waals surface area contributed by atoms with E-state index < -0.39 is 0 Å². The number of ether oxygens (including phenoxy) is 1. The number of fused-ring (bicyclic) bond motifs is 1. The molecule has 0 aliphatic carbocycles. The summed E-state index contributed by atoms with van der Waals surface area (Å²) in [5.41, 5.74) is 2.40. The summed E-state index contributed by atoms with van der Waals surface area (Å²) in [5, 5.41) is 4.69. The van der Waals surface area contributed by atoms with Crippen molar-refractivity contribution in [2.45, 2.75) is 12.5 Å². The Morgan fingerprint density at radius 3 is 3.06 bits per heavy atom. The number of rotatable bonds is 3. The van der Waals surface area contributed by atoms with E-state index >= 15 is 0 Å². The summed E-state index contributed by atoms with van der Waals surface area (Å²) in [7, 11) is 2.03. The molecular weight excluding hydrogens is 224 g/mol. The van der Waals surface area contributed by atoms with Crippen LogP contribution in [0.2, 0.25) is 0 Å². The minimum Gasteiger partial charge on any atom is -0.381 e. The summed E-state index contributed by atoms with van der Waals surface area (Å²) >= 11 is 0. The van der Waals surface area contributed by atoms with Gasteiger partial charge in [-0.3, -0.25) is 4.98 Å². The van der Waals surface area contributed by atoms with Gasteiger partial charge >= 0.3 is 0 Å². The minimum atomic E-state index is 0.348. The molecule has 3 nitrogen and oxygen atoms in total. The maximum Gasteiger partial charge on any atom is 0.0705 e. The number of nitrogens with one attached hydrogen (secondary N) is 1. The lowest BCUT2D eigenvalue weighted by Gasteiger charge is -2.23. The highest BCUT2D eigenvalue weighted by atomic mass is 16.5. The monoisotopic (exact) mass is 242 g/mol. The second kappa shape index (κ2) is 5.04. The number of aromatic nitrogens is 1. The molecule has 2 atom stereocenters. The fourth-order valence-corrected chi connectivity index (χ4v) is 2.86. The molecule has 1 aromatic heterocycles. The maximum atomic E-state index is 5.52. The third-order valence-electron chi connectivity index (χ3n) is 3.76. The Morgan fingerprint density at radius 2 is 2.28 bits per heavy atom. The van der Waals surface area contributed by atoms with Crippen LogP contribution in [0.1, 0.15) is 18.0 Å². The number of hydrogen-bond acceptors (Lipinski definition) is 3. The molecule has 1 N–H and O–H groups in total. The molecular formula is C15H18N2O. The van der Waals surface area contributed by atoms with Crippen LogP contribution in [0.15, 0.2) is 36.5 Å². The normalized spacial score (nSPS) is 21.3. The van der Waals surface area contributed by atoms with Crippen LogP contribution < -0.4 is 5.32 Å². The average Bonchev–Trinajstić information content (AvgIpc) is 2.94. The van der Waals surface area contributed by atoms with Gasteiger partial charge in [0.15, 0.2) is 0 Å². The molecule has 0 spiro atoms. The third-order valence-corrected chi connectivity index (χ3v) is 3.76. The Kier molecular flexibility index (Phi) is 3.26. The largest absolute Gasteiger partial charge is 0.381 e. The lowest BCUT2D eigenvalue weighted by Crippen LogP contribution is -2.25. The average molecular weight is 242 g/mol. The van der Waals surface area contributed by atoms with E-state index in [0.717, 1.165) is 25.2 Å². The topological polar surface area (TPSA) is 34.2 Å². The lowest BCUT2D eigenvalue weighted by atomic mass is 9.90. The summed E-state index contributed by atoms with van der Waals surface area (Å²) in [6, 6.07) is 10.9. The molecule has 0 saturated carbocycles. The van der Waals surface area contributed by atoms with Crippen LogP contribution in [-0.2, 0) is 4.74 Å². The molecule has 0 amide bonds. The van der Waals surface area contributed by atoms with Gasteiger partial charge in [-0.2, -0.15) is 0 Å². The van der Waals surface area contributed by atoms with Crippen LogP contribution in [-0.4, -0.2) is 25.2 Å². The van der Waals surface area contributed by atoms with Gasteiger partial charge in [0, 0.05) is 30.1 Å².